The second-order valence-electron chi connectivity index (χ2n) is 10.0. The Labute approximate surface area is 183 Å². The topological polar surface area (TPSA) is 79.5 Å². The maximum atomic E-state index is 13.7. The van der Waals surface area contributed by atoms with E-state index in [1.165, 1.54) is 12.8 Å². The molecule has 0 aromatic heterocycles. The molecule has 0 radical (unpaired) electrons. The van der Waals surface area contributed by atoms with Crippen molar-refractivity contribution < 1.29 is 18.7 Å². The Morgan fingerprint density at radius 3 is 2.70 bits per heavy atom. The van der Waals surface area contributed by atoms with Crippen LogP contribution in [0.1, 0.15) is 64.2 Å². The second kappa shape index (κ2) is 9.29. The summed E-state index contributed by atoms with van der Waals surface area (Å²) >= 11 is 5.88. The number of carbonyl (C=O) groups excluding carboxylic acids is 2. The number of hydrogen-bond donors (Lipinski definition) is 3. The molecular weight excluding hydrogens is 409 g/mol. The zero-order valence-corrected chi connectivity index (χ0v) is 18.4. The van der Waals surface area contributed by atoms with Gasteiger partial charge in [-0.1, -0.05) is 0 Å². The van der Waals surface area contributed by atoms with Gasteiger partial charge in [0.05, 0.1) is 16.9 Å². The van der Waals surface area contributed by atoms with Crippen LogP contribution in [-0.4, -0.2) is 61.2 Å². The number of amides is 2. The Morgan fingerprint density at radius 1 is 1.20 bits per heavy atom. The molecule has 170 valence electrons. The first-order valence-corrected chi connectivity index (χ1v) is 12.0. The fraction of sp³-hybridized carbons (Fsp3) is 0.909. The van der Waals surface area contributed by atoms with Gasteiger partial charge in [-0.05, 0) is 76.8 Å². The Balaban J connectivity index is 1.08. The van der Waals surface area contributed by atoms with E-state index in [0.29, 0.717) is 32.1 Å². The molecule has 1 heterocycles. The minimum atomic E-state index is -1.07. The molecule has 0 aromatic rings. The average Bonchev–Trinajstić information content (AvgIpc) is 2.68. The third-order valence-electron chi connectivity index (χ3n) is 7.49. The lowest BCUT2D eigenvalue weighted by Crippen LogP contribution is -2.78. The van der Waals surface area contributed by atoms with Gasteiger partial charge >= 0.3 is 0 Å². The summed E-state index contributed by atoms with van der Waals surface area (Å²) < 4.78 is 19.3. The molecule has 0 spiro atoms. The van der Waals surface area contributed by atoms with E-state index < -0.39 is 11.5 Å². The standard InChI is InChI=1S/C22H35ClFN3O3/c23-17-6-5-16(9-18(17)24)30-11-19(28)27-22-12-21(13-22,14-22)20(29)26-8-2-4-15-3-1-7-25-10-15/h15-18,25H,1-14H2,(H,26,29)(H,27,28). The molecule has 2 amide bonds. The zero-order chi connectivity index (χ0) is 21.2. The van der Waals surface area contributed by atoms with Crippen molar-refractivity contribution in [3.8, 4) is 0 Å². The van der Waals surface area contributed by atoms with Crippen LogP contribution < -0.4 is 16.0 Å². The van der Waals surface area contributed by atoms with Crippen LogP contribution in [0.4, 0.5) is 4.39 Å². The summed E-state index contributed by atoms with van der Waals surface area (Å²) in [4.78, 5) is 24.8. The molecule has 8 heteroatoms. The van der Waals surface area contributed by atoms with Crippen LogP contribution in [-0.2, 0) is 14.3 Å². The van der Waals surface area contributed by atoms with Crippen molar-refractivity contribution >= 4 is 23.4 Å². The molecule has 30 heavy (non-hydrogen) atoms. The number of carbonyl (C=O) groups is 2. The number of alkyl halides is 2. The van der Waals surface area contributed by atoms with Crippen molar-refractivity contribution in [2.45, 2.75) is 87.4 Å². The summed E-state index contributed by atoms with van der Waals surface area (Å²) in [6, 6.07) is 0. The SMILES string of the molecule is O=C(COC1CCC(Cl)C(F)C1)NC12CC(C(=O)NCCCC3CCCNC3)(C1)C2. The number of ether oxygens (including phenoxy) is 1. The molecule has 5 rings (SSSR count). The highest BCUT2D eigenvalue weighted by Gasteiger charge is 2.72. The van der Waals surface area contributed by atoms with Crippen molar-refractivity contribution in [1.29, 1.82) is 0 Å². The molecular formula is C22H35ClFN3O3. The number of rotatable bonds is 9. The molecule has 0 aromatic carbocycles. The van der Waals surface area contributed by atoms with Gasteiger partial charge in [-0.15, -0.1) is 11.6 Å². The Morgan fingerprint density at radius 2 is 2.00 bits per heavy atom. The quantitative estimate of drug-likeness (QED) is 0.377. The summed E-state index contributed by atoms with van der Waals surface area (Å²) in [7, 11) is 0. The molecule has 1 aliphatic heterocycles. The van der Waals surface area contributed by atoms with Gasteiger partial charge in [-0.3, -0.25) is 9.59 Å². The molecule has 4 saturated carbocycles. The highest BCUT2D eigenvalue weighted by Crippen LogP contribution is 2.67. The van der Waals surface area contributed by atoms with Crippen LogP contribution in [0.5, 0.6) is 0 Å². The summed E-state index contributed by atoms with van der Waals surface area (Å²) in [6.45, 7) is 2.92. The van der Waals surface area contributed by atoms with Gasteiger partial charge in [0.15, 0.2) is 0 Å². The summed E-state index contributed by atoms with van der Waals surface area (Å²) in [6.07, 6.45) is 7.10. The molecule has 5 aliphatic rings. The highest BCUT2D eigenvalue weighted by molar-refractivity contribution is 6.21. The molecule has 6 nitrogen and oxygen atoms in total. The monoisotopic (exact) mass is 443 g/mol. The number of halogens is 2. The van der Waals surface area contributed by atoms with Gasteiger partial charge in [0.1, 0.15) is 12.8 Å². The first-order valence-electron chi connectivity index (χ1n) is 11.6. The van der Waals surface area contributed by atoms with Crippen LogP contribution in [0.15, 0.2) is 0 Å². The van der Waals surface area contributed by atoms with Crippen LogP contribution in [0.25, 0.3) is 0 Å². The van der Waals surface area contributed by atoms with Crippen LogP contribution >= 0.6 is 11.6 Å². The molecule has 5 fully saturated rings. The molecule has 3 N–H and O–H groups in total. The number of piperidine rings is 1. The van der Waals surface area contributed by atoms with E-state index in [1.807, 2.05) is 0 Å². The predicted octanol–water partition coefficient (Wildman–Crippen LogP) is 2.44. The predicted molar refractivity (Wildman–Crippen MR) is 113 cm³/mol. The Hall–Kier alpha value is -0.920. The van der Waals surface area contributed by atoms with E-state index in [1.54, 1.807) is 0 Å². The highest BCUT2D eigenvalue weighted by atomic mass is 35.5. The first kappa shape index (κ1) is 22.3. The van der Waals surface area contributed by atoms with Crippen molar-refractivity contribution in [2.24, 2.45) is 11.3 Å². The van der Waals surface area contributed by atoms with E-state index in [4.69, 9.17) is 16.3 Å². The molecule has 2 bridgehead atoms. The maximum absolute atomic E-state index is 13.7. The summed E-state index contributed by atoms with van der Waals surface area (Å²) in [5.41, 5.74) is -0.511. The minimum absolute atomic E-state index is 0.0543. The van der Waals surface area contributed by atoms with Gasteiger partial charge in [0.2, 0.25) is 11.8 Å². The fourth-order valence-electron chi connectivity index (χ4n) is 5.83. The van der Waals surface area contributed by atoms with E-state index in [-0.39, 0.29) is 41.9 Å². The van der Waals surface area contributed by atoms with Crippen molar-refractivity contribution in [1.82, 2.24) is 16.0 Å². The van der Waals surface area contributed by atoms with Crippen LogP contribution in [0, 0.1) is 11.3 Å². The maximum Gasteiger partial charge on any atom is 0.246 e. The normalized spacial score (nSPS) is 40.1. The number of nitrogens with one attached hydrogen (secondary N) is 3. The smallest absolute Gasteiger partial charge is 0.246 e. The van der Waals surface area contributed by atoms with Crippen LogP contribution in [0.3, 0.4) is 0 Å². The van der Waals surface area contributed by atoms with Crippen molar-refractivity contribution in [2.75, 3.05) is 26.2 Å². The summed E-state index contributed by atoms with van der Waals surface area (Å²) in [5, 5.41) is 9.14. The van der Waals surface area contributed by atoms with Gasteiger partial charge in [0, 0.05) is 18.5 Å². The third-order valence-corrected chi connectivity index (χ3v) is 7.98. The minimum Gasteiger partial charge on any atom is -0.368 e. The summed E-state index contributed by atoms with van der Waals surface area (Å²) in [5.74, 6) is 0.712. The second-order valence-corrected chi connectivity index (χ2v) is 10.6. The first-order chi connectivity index (χ1) is 14.4. The van der Waals surface area contributed by atoms with E-state index in [2.05, 4.69) is 16.0 Å². The van der Waals surface area contributed by atoms with Gasteiger partial charge in [-0.2, -0.15) is 0 Å². The lowest BCUT2D eigenvalue weighted by Gasteiger charge is -2.69. The molecule has 4 unspecified atom stereocenters. The van der Waals surface area contributed by atoms with E-state index >= 15 is 0 Å². The fourth-order valence-corrected chi connectivity index (χ4v) is 6.06. The average molecular weight is 444 g/mol. The van der Waals surface area contributed by atoms with Crippen LogP contribution in [0.2, 0.25) is 0 Å². The van der Waals surface area contributed by atoms with Crippen molar-refractivity contribution in [3.05, 3.63) is 0 Å². The van der Waals surface area contributed by atoms with Gasteiger partial charge < -0.3 is 20.7 Å². The van der Waals surface area contributed by atoms with Crippen molar-refractivity contribution in [3.63, 3.8) is 0 Å². The third kappa shape index (κ3) is 4.94. The zero-order valence-electron chi connectivity index (χ0n) is 17.7. The molecule has 4 aliphatic carbocycles. The van der Waals surface area contributed by atoms with E-state index in [9.17, 15) is 14.0 Å². The van der Waals surface area contributed by atoms with E-state index in [0.717, 1.165) is 38.4 Å². The number of hydrogen-bond acceptors (Lipinski definition) is 4. The van der Waals surface area contributed by atoms with Gasteiger partial charge in [0.25, 0.3) is 0 Å². The Kier molecular flexibility index (Phi) is 6.90. The molecule has 1 saturated heterocycles. The van der Waals surface area contributed by atoms with Gasteiger partial charge in [-0.25, -0.2) is 4.39 Å². The Bertz CT molecular complexity index is 623. The lowest BCUT2D eigenvalue weighted by atomic mass is 9.39. The molecule has 4 atom stereocenters. The lowest BCUT2D eigenvalue weighted by molar-refractivity contribution is -0.184. The largest absolute Gasteiger partial charge is 0.368 e.